The first kappa shape index (κ1) is 19.4. The van der Waals surface area contributed by atoms with E-state index in [1.54, 1.807) is 0 Å². The summed E-state index contributed by atoms with van der Waals surface area (Å²) in [5.74, 6) is 2.26. The van der Waals surface area contributed by atoms with Gasteiger partial charge >= 0.3 is 0 Å². The lowest BCUT2D eigenvalue weighted by Gasteiger charge is -2.37. The number of benzene rings is 1. The third kappa shape index (κ3) is 4.55. The first-order valence-corrected chi connectivity index (χ1v) is 10.6. The molecule has 4 rings (SSSR count). The van der Waals surface area contributed by atoms with Crippen molar-refractivity contribution >= 4 is 17.5 Å². The fourth-order valence-electron chi connectivity index (χ4n) is 4.14. The van der Waals surface area contributed by atoms with Crippen LogP contribution in [0, 0.1) is 11.8 Å². The molecule has 2 aliphatic rings. The molecule has 2 saturated heterocycles. The number of amides is 1. The number of halogens is 1. The first-order chi connectivity index (χ1) is 13.6. The molecule has 0 spiro atoms. The van der Waals surface area contributed by atoms with E-state index < -0.39 is 0 Å². The third-order valence-electron chi connectivity index (χ3n) is 5.86. The van der Waals surface area contributed by atoms with Crippen molar-refractivity contribution in [2.24, 2.45) is 11.8 Å². The van der Waals surface area contributed by atoms with Gasteiger partial charge in [-0.05, 0) is 50.3 Å². The van der Waals surface area contributed by atoms with Crippen molar-refractivity contribution in [3.8, 4) is 11.4 Å². The van der Waals surface area contributed by atoms with Crippen LogP contribution in [0.5, 0.6) is 0 Å². The maximum atomic E-state index is 12.9. The zero-order valence-electron chi connectivity index (χ0n) is 16.3. The van der Waals surface area contributed by atoms with E-state index in [9.17, 15) is 4.79 Å². The number of carbonyl (C=O) groups excluding carboxylic acids is 1. The lowest BCUT2D eigenvalue weighted by atomic mass is 9.93. The molecule has 28 heavy (non-hydrogen) atoms. The van der Waals surface area contributed by atoms with Gasteiger partial charge in [0.25, 0.3) is 0 Å². The van der Waals surface area contributed by atoms with Crippen LogP contribution in [0.3, 0.4) is 0 Å². The Morgan fingerprint density at radius 2 is 2.07 bits per heavy atom. The van der Waals surface area contributed by atoms with E-state index in [4.69, 9.17) is 16.1 Å². The first-order valence-electron chi connectivity index (χ1n) is 10.2. The van der Waals surface area contributed by atoms with Crippen molar-refractivity contribution in [3.63, 3.8) is 0 Å². The highest BCUT2D eigenvalue weighted by Crippen LogP contribution is 2.25. The van der Waals surface area contributed by atoms with Gasteiger partial charge in [-0.2, -0.15) is 4.98 Å². The van der Waals surface area contributed by atoms with E-state index in [0.717, 1.165) is 63.3 Å². The quantitative estimate of drug-likeness (QED) is 0.777. The van der Waals surface area contributed by atoms with E-state index >= 15 is 0 Å². The van der Waals surface area contributed by atoms with E-state index in [-0.39, 0.29) is 5.92 Å². The van der Waals surface area contributed by atoms with Gasteiger partial charge in [-0.15, -0.1) is 0 Å². The van der Waals surface area contributed by atoms with E-state index in [1.807, 2.05) is 24.3 Å². The Morgan fingerprint density at radius 1 is 1.25 bits per heavy atom. The average molecular weight is 403 g/mol. The molecule has 1 aromatic carbocycles. The van der Waals surface area contributed by atoms with Crippen LogP contribution in [0.2, 0.25) is 5.02 Å². The van der Waals surface area contributed by atoms with Crippen LogP contribution in [0.15, 0.2) is 28.8 Å². The molecule has 3 heterocycles. The predicted octanol–water partition coefficient (Wildman–Crippen LogP) is 3.86. The van der Waals surface area contributed by atoms with Crippen LogP contribution in [0.25, 0.3) is 11.4 Å². The van der Waals surface area contributed by atoms with Crippen LogP contribution in [0.4, 0.5) is 0 Å². The van der Waals surface area contributed by atoms with Crippen molar-refractivity contribution in [2.75, 3.05) is 26.2 Å². The number of likely N-dealkylation sites (tertiary alicyclic amines) is 2. The largest absolute Gasteiger partial charge is 0.342 e. The normalized spacial score (nSPS) is 21.8. The molecule has 2 fully saturated rings. The smallest absolute Gasteiger partial charge is 0.241 e. The van der Waals surface area contributed by atoms with Crippen LogP contribution in [-0.2, 0) is 11.3 Å². The van der Waals surface area contributed by atoms with Crippen LogP contribution in [0.1, 0.15) is 38.5 Å². The Morgan fingerprint density at radius 3 is 2.86 bits per heavy atom. The highest BCUT2D eigenvalue weighted by molar-refractivity contribution is 6.30. The lowest BCUT2D eigenvalue weighted by Crippen LogP contribution is -2.46. The Kier molecular flexibility index (Phi) is 5.97. The van der Waals surface area contributed by atoms with Gasteiger partial charge in [0.2, 0.25) is 17.6 Å². The summed E-state index contributed by atoms with van der Waals surface area (Å²) in [4.78, 5) is 21.7. The molecule has 1 amide bonds. The molecule has 2 aromatic rings. The number of hydrogen-bond acceptors (Lipinski definition) is 5. The van der Waals surface area contributed by atoms with Crippen molar-refractivity contribution < 1.29 is 9.32 Å². The Hall–Kier alpha value is -1.92. The molecule has 7 heteroatoms. The van der Waals surface area contributed by atoms with E-state index in [1.165, 1.54) is 0 Å². The zero-order valence-corrected chi connectivity index (χ0v) is 17.1. The minimum Gasteiger partial charge on any atom is -0.342 e. The fraction of sp³-hybridized carbons (Fsp3) is 0.571. The lowest BCUT2D eigenvalue weighted by molar-refractivity contribution is -0.138. The number of rotatable bonds is 4. The SMILES string of the molecule is CC1CCN(C(=O)C2CCCN(Cc3nc(-c4cccc(Cl)c4)no3)C2)CC1. The van der Waals surface area contributed by atoms with Gasteiger partial charge in [0.1, 0.15) is 0 Å². The minimum absolute atomic E-state index is 0.0810. The van der Waals surface area contributed by atoms with E-state index in [0.29, 0.717) is 29.2 Å². The number of hydrogen-bond donors (Lipinski definition) is 0. The molecular weight excluding hydrogens is 376 g/mol. The maximum absolute atomic E-state index is 12.9. The molecule has 150 valence electrons. The van der Waals surface area contributed by atoms with Gasteiger partial charge in [-0.25, -0.2) is 0 Å². The summed E-state index contributed by atoms with van der Waals surface area (Å²) in [5.41, 5.74) is 0.841. The molecule has 0 saturated carbocycles. The highest BCUT2D eigenvalue weighted by atomic mass is 35.5. The average Bonchev–Trinajstić information content (AvgIpc) is 3.17. The Bertz CT molecular complexity index is 816. The van der Waals surface area contributed by atoms with Crippen molar-refractivity contribution in [2.45, 2.75) is 39.2 Å². The molecule has 0 bridgehead atoms. The molecule has 0 aliphatic carbocycles. The van der Waals surface area contributed by atoms with Crippen molar-refractivity contribution in [1.29, 1.82) is 0 Å². The van der Waals surface area contributed by atoms with Crippen molar-refractivity contribution in [3.05, 3.63) is 35.2 Å². The second kappa shape index (κ2) is 8.62. The van der Waals surface area contributed by atoms with Crippen LogP contribution in [-0.4, -0.2) is 52.0 Å². The molecule has 2 aliphatic heterocycles. The third-order valence-corrected chi connectivity index (χ3v) is 6.09. The predicted molar refractivity (Wildman–Crippen MR) is 108 cm³/mol. The molecule has 1 aromatic heterocycles. The number of piperidine rings is 2. The van der Waals surface area contributed by atoms with Gasteiger partial charge in [0.15, 0.2) is 0 Å². The second-order valence-corrected chi connectivity index (χ2v) is 8.54. The summed E-state index contributed by atoms with van der Waals surface area (Å²) in [6.45, 7) is 6.38. The second-order valence-electron chi connectivity index (χ2n) is 8.10. The number of aromatic nitrogens is 2. The summed E-state index contributed by atoms with van der Waals surface area (Å²) in [5, 5.41) is 4.73. The topological polar surface area (TPSA) is 62.5 Å². The molecule has 6 nitrogen and oxygen atoms in total. The highest BCUT2D eigenvalue weighted by Gasteiger charge is 2.31. The summed E-state index contributed by atoms with van der Waals surface area (Å²) >= 11 is 6.04. The van der Waals surface area contributed by atoms with E-state index in [2.05, 4.69) is 26.9 Å². The van der Waals surface area contributed by atoms with Gasteiger partial charge in [-0.1, -0.05) is 35.8 Å². The van der Waals surface area contributed by atoms with Crippen molar-refractivity contribution in [1.82, 2.24) is 19.9 Å². The summed E-state index contributed by atoms with van der Waals surface area (Å²) in [6, 6.07) is 7.43. The molecule has 0 radical (unpaired) electrons. The standard InChI is InChI=1S/C21H27ClN4O2/c1-15-7-10-26(11-8-15)21(27)17-5-3-9-25(13-17)14-19-23-20(24-28-19)16-4-2-6-18(22)12-16/h2,4,6,12,15,17H,3,5,7-11,13-14H2,1H3. The molecule has 1 unspecified atom stereocenters. The maximum Gasteiger partial charge on any atom is 0.241 e. The van der Waals surface area contributed by atoms with Gasteiger partial charge in [-0.3, -0.25) is 9.69 Å². The number of carbonyl (C=O) groups is 1. The van der Waals surface area contributed by atoms with Gasteiger partial charge in [0, 0.05) is 30.2 Å². The number of nitrogens with zero attached hydrogens (tertiary/aromatic N) is 4. The minimum atomic E-state index is 0.0810. The van der Waals surface area contributed by atoms with Crippen LogP contribution >= 0.6 is 11.6 Å². The van der Waals surface area contributed by atoms with Gasteiger partial charge in [0.05, 0.1) is 12.5 Å². The zero-order chi connectivity index (χ0) is 19.5. The summed E-state index contributed by atoms with van der Waals surface area (Å²) < 4.78 is 5.44. The molecular formula is C21H27ClN4O2. The molecule has 0 N–H and O–H groups in total. The van der Waals surface area contributed by atoms with Crippen LogP contribution < -0.4 is 0 Å². The Labute approximate surface area is 170 Å². The van der Waals surface area contributed by atoms with Gasteiger partial charge < -0.3 is 9.42 Å². The summed E-state index contributed by atoms with van der Waals surface area (Å²) in [7, 11) is 0. The monoisotopic (exact) mass is 402 g/mol. The molecule has 1 atom stereocenters. The summed E-state index contributed by atoms with van der Waals surface area (Å²) in [6.07, 6.45) is 4.24. The fourth-order valence-corrected chi connectivity index (χ4v) is 4.33. The Balaban J connectivity index is 1.36.